The zero-order valence-corrected chi connectivity index (χ0v) is 15.3. The van der Waals surface area contributed by atoms with Gasteiger partial charge in [-0.2, -0.15) is 5.10 Å². The Morgan fingerprint density at radius 1 is 0.778 bits per heavy atom. The molecule has 4 rings (SSSR count). The summed E-state index contributed by atoms with van der Waals surface area (Å²) in [6.07, 6.45) is 5.59. The van der Waals surface area contributed by atoms with Crippen molar-refractivity contribution in [2.24, 2.45) is 0 Å². The fourth-order valence-corrected chi connectivity index (χ4v) is 3.09. The third kappa shape index (κ3) is 2.95. The average molecular weight is 361 g/mol. The van der Waals surface area contributed by atoms with Gasteiger partial charge < -0.3 is 14.2 Å². The van der Waals surface area contributed by atoms with Crippen LogP contribution in [0.25, 0.3) is 27.9 Å². The van der Waals surface area contributed by atoms with Crippen molar-refractivity contribution in [3.63, 3.8) is 0 Å². The normalized spacial score (nSPS) is 10.8. The number of benzene rings is 2. The van der Waals surface area contributed by atoms with E-state index < -0.39 is 0 Å². The highest BCUT2D eigenvalue weighted by Crippen LogP contribution is 2.41. The number of hydrogen-bond acceptors (Lipinski definition) is 5. The molecule has 6 heteroatoms. The molecule has 2 heterocycles. The van der Waals surface area contributed by atoms with E-state index in [0.717, 1.165) is 27.9 Å². The molecule has 0 saturated heterocycles. The number of ether oxygens (including phenoxy) is 3. The Hall–Kier alpha value is -3.54. The SMILES string of the molecule is COc1cc(-c2cnc3c(-c4ccccc4)cnn3c2)cc(OC)c1OC. The fourth-order valence-electron chi connectivity index (χ4n) is 3.09. The van der Waals surface area contributed by atoms with Crippen LogP contribution in [0.2, 0.25) is 0 Å². The molecule has 0 amide bonds. The lowest BCUT2D eigenvalue weighted by Crippen LogP contribution is -1.97. The van der Waals surface area contributed by atoms with Gasteiger partial charge in [-0.05, 0) is 23.3 Å². The molecule has 136 valence electrons. The number of aromatic nitrogens is 3. The Balaban J connectivity index is 1.82. The van der Waals surface area contributed by atoms with Crippen LogP contribution in [-0.2, 0) is 0 Å². The summed E-state index contributed by atoms with van der Waals surface area (Å²) in [4.78, 5) is 4.64. The average Bonchev–Trinajstić information content (AvgIpc) is 3.16. The van der Waals surface area contributed by atoms with Gasteiger partial charge in [-0.15, -0.1) is 0 Å². The predicted octanol–water partition coefficient (Wildman–Crippen LogP) is 4.09. The van der Waals surface area contributed by atoms with Gasteiger partial charge in [0.15, 0.2) is 17.1 Å². The number of nitrogens with zero attached hydrogens (tertiary/aromatic N) is 3. The molecule has 2 aromatic heterocycles. The van der Waals surface area contributed by atoms with E-state index in [1.807, 2.05) is 61.1 Å². The lowest BCUT2D eigenvalue weighted by molar-refractivity contribution is 0.324. The minimum atomic E-state index is 0.559. The Morgan fingerprint density at radius 3 is 2.11 bits per heavy atom. The van der Waals surface area contributed by atoms with Crippen LogP contribution in [0.3, 0.4) is 0 Å². The molecular formula is C21H19N3O3. The third-order valence-corrected chi connectivity index (χ3v) is 4.44. The first-order valence-electron chi connectivity index (χ1n) is 8.44. The molecule has 0 fully saturated rings. The Kier molecular flexibility index (Phi) is 4.38. The van der Waals surface area contributed by atoms with Crippen LogP contribution >= 0.6 is 0 Å². The molecule has 0 aliphatic carbocycles. The second-order valence-corrected chi connectivity index (χ2v) is 5.95. The van der Waals surface area contributed by atoms with Crippen LogP contribution in [0.5, 0.6) is 17.2 Å². The Morgan fingerprint density at radius 2 is 1.48 bits per heavy atom. The zero-order valence-electron chi connectivity index (χ0n) is 15.3. The van der Waals surface area contributed by atoms with Crippen LogP contribution in [0.1, 0.15) is 0 Å². The van der Waals surface area contributed by atoms with Gasteiger partial charge >= 0.3 is 0 Å². The summed E-state index contributed by atoms with van der Waals surface area (Å²) in [5.41, 5.74) is 4.67. The quantitative estimate of drug-likeness (QED) is 0.536. The third-order valence-electron chi connectivity index (χ3n) is 4.44. The minimum Gasteiger partial charge on any atom is -0.493 e. The predicted molar refractivity (Wildman–Crippen MR) is 104 cm³/mol. The van der Waals surface area contributed by atoms with Crippen molar-refractivity contribution in [3.8, 4) is 39.5 Å². The van der Waals surface area contributed by atoms with Crippen molar-refractivity contribution in [2.75, 3.05) is 21.3 Å². The molecule has 0 saturated carbocycles. The monoisotopic (exact) mass is 361 g/mol. The highest BCUT2D eigenvalue weighted by molar-refractivity contribution is 5.78. The molecule has 27 heavy (non-hydrogen) atoms. The first-order valence-corrected chi connectivity index (χ1v) is 8.44. The van der Waals surface area contributed by atoms with E-state index in [4.69, 9.17) is 14.2 Å². The number of rotatable bonds is 5. The molecule has 0 N–H and O–H groups in total. The largest absolute Gasteiger partial charge is 0.493 e. The van der Waals surface area contributed by atoms with E-state index in [1.165, 1.54) is 0 Å². The highest BCUT2D eigenvalue weighted by Gasteiger charge is 2.15. The van der Waals surface area contributed by atoms with Crippen LogP contribution in [0.15, 0.2) is 61.1 Å². The summed E-state index contributed by atoms with van der Waals surface area (Å²) in [6, 6.07) is 13.9. The maximum atomic E-state index is 5.44. The summed E-state index contributed by atoms with van der Waals surface area (Å²) < 4.78 is 18.1. The van der Waals surface area contributed by atoms with Crippen molar-refractivity contribution >= 4 is 5.65 Å². The molecule has 0 aliphatic heterocycles. The van der Waals surface area contributed by atoms with Gasteiger partial charge in [-0.1, -0.05) is 30.3 Å². The molecule has 6 nitrogen and oxygen atoms in total. The van der Waals surface area contributed by atoms with Gasteiger partial charge in [0.1, 0.15) is 0 Å². The molecule has 0 bridgehead atoms. The van der Waals surface area contributed by atoms with Crippen LogP contribution in [0.4, 0.5) is 0 Å². The maximum Gasteiger partial charge on any atom is 0.203 e. The Bertz CT molecular complexity index is 1070. The van der Waals surface area contributed by atoms with E-state index in [-0.39, 0.29) is 0 Å². The molecule has 2 aromatic carbocycles. The first-order chi connectivity index (χ1) is 13.2. The van der Waals surface area contributed by atoms with E-state index in [2.05, 4.69) is 10.1 Å². The lowest BCUT2D eigenvalue weighted by atomic mass is 10.1. The van der Waals surface area contributed by atoms with Crippen molar-refractivity contribution in [1.82, 2.24) is 14.6 Å². The summed E-state index contributed by atoms with van der Waals surface area (Å²) in [5.74, 6) is 1.75. The number of hydrogen-bond donors (Lipinski definition) is 0. The van der Waals surface area contributed by atoms with Crippen molar-refractivity contribution in [3.05, 3.63) is 61.1 Å². The smallest absolute Gasteiger partial charge is 0.203 e. The molecule has 0 aliphatic rings. The van der Waals surface area contributed by atoms with Gasteiger partial charge in [0.25, 0.3) is 0 Å². The standard InChI is InChI=1S/C21H19N3O3/c1-25-18-9-15(10-19(26-2)20(18)27-3)16-11-22-21-17(12-23-24(21)13-16)14-7-5-4-6-8-14/h4-13H,1-3H3. The summed E-state index contributed by atoms with van der Waals surface area (Å²) in [7, 11) is 4.78. The van der Waals surface area contributed by atoms with E-state index in [1.54, 1.807) is 25.8 Å². The van der Waals surface area contributed by atoms with E-state index >= 15 is 0 Å². The maximum absolute atomic E-state index is 5.44. The Labute approximate surface area is 157 Å². The van der Waals surface area contributed by atoms with Crippen LogP contribution < -0.4 is 14.2 Å². The second-order valence-electron chi connectivity index (χ2n) is 5.95. The lowest BCUT2D eigenvalue weighted by Gasteiger charge is -2.14. The number of methoxy groups -OCH3 is 3. The molecule has 0 atom stereocenters. The molecule has 0 spiro atoms. The van der Waals surface area contributed by atoms with Crippen molar-refractivity contribution in [1.29, 1.82) is 0 Å². The highest BCUT2D eigenvalue weighted by atomic mass is 16.5. The minimum absolute atomic E-state index is 0.559. The summed E-state index contributed by atoms with van der Waals surface area (Å²) in [5, 5.41) is 4.47. The van der Waals surface area contributed by atoms with Gasteiger partial charge in [-0.25, -0.2) is 9.50 Å². The van der Waals surface area contributed by atoms with Crippen LogP contribution in [0, 0.1) is 0 Å². The molecule has 4 aromatic rings. The topological polar surface area (TPSA) is 57.9 Å². The fraction of sp³-hybridized carbons (Fsp3) is 0.143. The molecule has 0 radical (unpaired) electrons. The first kappa shape index (κ1) is 16.9. The molecule has 0 unspecified atom stereocenters. The second kappa shape index (κ2) is 6.99. The summed E-state index contributed by atoms with van der Waals surface area (Å²) in [6.45, 7) is 0. The van der Waals surface area contributed by atoms with Gasteiger partial charge in [0, 0.05) is 23.5 Å². The molecular weight excluding hydrogens is 342 g/mol. The van der Waals surface area contributed by atoms with Crippen LogP contribution in [-0.4, -0.2) is 35.9 Å². The van der Waals surface area contributed by atoms with E-state index in [9.17, 15) is 0 Å². The van der Waals surface area contributed by atoms with Crippen molar-refractivity contribution in [2.45, 2.75) is 0 Å². The van der Waals surface area contributed by atoms with E-state index in [0.29, 0.717) is 17.2 Å². The van der Waals surface area contributed by atoms with Crippen molar-refractivity contribution < 1.29 is 14.2 Å². The zero-order chi connectivity index (χ0) is 18.8. The number of fused-ring (bicyclic) bond motifs is 1. The van der Waals surface area contributed by atoms with Gasteiger partial charge in [0.05, 0.1) is 27.5 Å². The van der Waals surface area contributed by atoms with Gasteiger partial charge in [0.2, 0.25) is 5.75 Å². The van der Waals surface area contributed by atoms with Gasteiger partial charge in [-0.3, -0.25) is 0 Å². The summed E-state index contributed by atoms with van der Waals surface area (Å²) >= 11 is 0.